The van der Waals surface area contributed by atoms with E-state index in [4.69, 9.17) is 0 Å². The van der Waals surface area contributed by atoms with Gasteiger partial charge in [-0.3, -0.25) is 0 Å². The number of para-hydroxylation sites is 1. The molecular weight excluding hydrogens is 280 g/mol. The summed E-state index contributed by atoms with van der Waals surface area (Å²) in [5.41, 5.74) is 3.30. The lowest BCUT2D eigenvalue weighted by Gasteiger charge is -2.02. The van der Waals surface area contributed by atoms with Gasteiger partial charge >= 0.3 is 0 Å². The predicted molar refractivity (Wildman–Crippen MR) is 85.8 cm³/mol. The second kappa shape index (κ2) is 6.65. The molecule has 2 heterocycles. The number of aryl methyl sites for hydroxylation is 1. The molecule has 0 radical (unpaired) electrons. The van der Waals surface area contributed by atoms with Gasteiger partial charge in [-0.25, -0.2) is 9.67 Å². The van der Waals surface area contributed by atoms with E-state index in [0.29, 0.717) is 0 Å². The number of hydrogen-bond donors (Lipinski definition) is 1. The van der Waals surface area contributed by atoms with Crippen molar-refractivity contribution in [2.75, 3.05) is 6.54 Å². The number of nitrogens with one attached hydrogen (secondary N) is 1. The Balaban J connectivity index is 1.49. The molecule has 0 aliphatic rings. The normalized spacial score (nSPS) is 10.9. The van der Waals surface area contributed by atoms with Gasteiger partial charge in [0.2, 0.25) is 0 Å². The van der Waals surface area contributed by atoms with E-state index in [1.165, 1.54) is 5.69 Å². The van der Waals surface area contributed by atoms with Crippen LogP contribution < -0.4 is 5.32 Å². The number of rotatable bonds is 6. The van der Waals surface area contributed by atoms with E-state index in [-0.39, 0.29) is 0 Å². The number of aromatic nitrogens is 3. The van der Waals surface area contributed by atoms with Crippen LogP contribution in [0.4, 0.5) is 0 Å². The number of benzene rings is 1. The van der Waals surface area contributed by atoms with Gasteiger partial charge < -0.3 is 5.32 Å². The van der Waals surface area contributed by atoms with E-state index >= 15 is 0 Å². The molecule has 0 spiro atoms. The molecule has 0 fully saturated rings. The van der Waals surface area contributed by atoms with Crippen molar-refractivity contribution in [3.63, 3.8) is 0 Å². The summed E-state index contributed by atoms with van der Waals surface area (Å²) in [6.07, 6.45) is 2.96. The van der Waals surface area contributed by atoms with Crippen molar-refractivity contribution in [2.24, 2.45) is 0 Å². The molecule has 0 amide bonds. The van der Waals surface area contributed by atoms with Gasteiger partial charge in [-0.05, 0) is 25.1 Å². The Bertz CT molecular complexity index is 687. The summed E-state index contributed by atoms with van der Waals surface area (Å²) in [6, 6.07) is 12.2. The number of hydrogen-bond acceptors (Lipinski definition) is 4. The first-order valence-corrected chi connectivity index (χ1v) is 7.91. The molecule has 2 aromatic heterocycles. The molecule has 3 rings (SSSR count). The van der Waals surface area contributed by atoms with Crippen LogP contribution in [0.15, 0.2) is 48.0 Å². The highest BCUT2D eigenvalue weighted by molar-refractivity contribution is 7.09. The average Bonchev–Trinajstić information content (AvgIpc) is 3.14. The Labute approximate surface area is 128 Å². The Morgan fingerprint density at radius 1 is 1.14 bits per heavy atom. The molecule has 0 aliphatic carbocycles. The molecule has 1 aromatic carbocycles. The van der Waals surface area contributed by atoms with Gasteiger partial charge in [0.1, 0.15) is 0 Å². The van der Waals surface area contributed by atoms with Crippen LogP contribution in [0.3, 0.4) is 0 Å². The topological polar surface area (TPSA) is 42.7 Å². The van der Waals surface area contributed by atoms with Crippen LogP contribution in [0, 0.1) is 6.92 Å². The van der Waals surface area contributed by atoms with Crippen molar-refractivity contribution in [3.8, 4) is 5.69 Å². The fraction of sp³-hybridized carbons (Fsp3) is 0.250. The molecule has 0 unspecified atom stereocenters. The van der Waals surface area contributed by atoms with E-state index in [1.807, 2.05) is 42.1 Å². The van der Waals surface area contributed by atoms with Crippen molar-refractivity contribution >= 4 is 11.3 Å². The monoisotopic (exact) mass is 298 g/mol. The first kappa shape index (κ1) is 14.0. The summed E-state index contributed by atoms with van der Waals surface area (Å²) in [6.45, 7) is 3.74. The van der Waals surface area contributed by atoms with Crippen molar-refractivity contribution < 1.29 is 0 Å². The number of nitrogens with zero attached hydrogens (tertiary/aromatic N) is 3. The standard InChI is InChI=1S/C16H18N4S/c1-13-18-15(12-21-13)7-9-17-11-14-8-10-20(19-14)16-5-3-2-4-6-16/h2-6,8,10,12,17H,7,9,11H2,1H3. The Morgan fingerprint density at radius 3 is 2.76 bits per heavy atom. The summed E-state index contributed by atoms with van der Waals surface area (Å²) >= 11 is 1.71. The average molecular weight is 298 g/mol. The van der Waals surface area contributed by atoms with Crippen LogP contribution in [0.25, 0.3) is 5.69 Å². The van der Waals surface area contributed by atoms with Crippen molar-refractivity contribution in [3.05, 3.63) is 64.4 Å². The summed E-state index contributed by atoms with van der Waals surface area (Å²) < 4.78 is 1.90. The first-order valence-electron chi connectivity index (χ1n) is 7.03. The smallest absolute Gasteiger partial charge is 0.0897 e. The third kappa shape index (κ3) is 3.77. The lowest BCUT2D eigenvalue weighted by molar-refractivity contribution is 0.661. The summed E-state index contributed by atoms with van der Waals surface area (Å²) in [5.74, 6) is 0. The minimum Gasteiger partial charge on any atom is -0.311 e. The second-order valence-electron chi connectivity index (χ2n) is 4.87. The van der Waals surface area contributed by atoms with E-state index in [9.17, 15) is 0 Å². The van der Waals surface area contributed by atoms with Crippen molar-refractivity contribution in [2.45, 2.75) is 19.9 Å². The van der Waals surface area contributed by atoms with Crippen LogP contribution in [0.2, 0.25) is 0 Å². The molecule has 108 valence electrons. The maximum Gasteiger partial charge on any atom is 0.0897 e. The van der Waals surface area contributed by atoms with E-state index < -0.39 is 0 Å². The van der Waals surface area contributed by atoms with Crippen LogP contribution in [-0.4, -0.2) is 21.3 Å². The fourth-order valence-corrected chi connectivity index (χ4v) is 2.78. The zero-order valence-electron chi connectivity index (χ0n) is 12.0. The van der Waals surface area contributed by atoms with Crippen LogP contribution in [-0.2, 0) is 13.0 Å². The van der Waals surface area contributed by atoms with Gasteiger partial charge in [-0.2, -0.15) is 5.10 Å². The number of thiazole rings is 1. The molecule has 3 aromatic rings. The summed E-state index contributed by atoms with van der Waals surface area (Å²) in [5, 5.41) is 11.2. The van der Waals surface area contributed by atoms with Crippen molar-refractivity contribution in [1.29, 1.82) is 0 Å². The van der Waals surface area contributed by atoms with Crippen LogP contribution >= 0.6 is 11.3 Å². The highest BCUT2D eigenvalue weighted by Crippen LogP contribution is 2.08. The molecular formula is C16H18N4S. The van der Waals surface area contributed by atoms with Crippen LogP contribution in [0.5, 0.6) is 0 Å². The summed E-state index contributed by atoms with van der Waals surface area (Å²) in [4.78, 5) is 4.46. The van der Waals surface area contributed by atoms with Gasteiger partial charge in [0.05, 0.1) is 22.1 Å². The van der Waals surface area contributed by atoms with E-state index in [2.05, 4.69) is 32.9 Å². The molecule has 4 nitrogen and oxygen atoms in total. The van der Waals surface area contributed by atoms with E-state index in [1.54, 1.807) is 11.3 Å². The Hall–Kier alpha value is -1.98. The maximum absolute atomic E-state index is 4.57. The minimum atomic E-state index is 0.781. The lowest BCUT2D eigenvalue weighted by atomic mass is 10.3. The molecule has 21 heavy (non-hydrogen) atoms. The molecule has 0 bridgehead atoms. The summed E-state index contributed by atoms with van der Waals surface area (Å²) in [7, 11) is 0. The lowest BCUT2D eigenvalue weighted by Crippen LogP contribution is -2.17. The molecule has 1 N–H and O–H groups in total. The van der Waals surface area contributed by atoms with Gasteiger partial charge in [-0.1, -0.05) is 18.2 Å². The van der Waals surface area contributed by atoms with Crippen LogP contribution in [0.1, 0.15) is 16.4 Å². The Kier molecular flexibility index (Phi) is 4.43. The maximum atomic E-state index is 4.57. The van der Waals surface area contributed by atoms with Gasteiger partial charge in [0.15, 0.2) is 0 Å². The third-order valence-corrected chi connectivity index (χ3v) is 4.02. The third-order valence-electron chi connectivity index (χ3n) is 3.20. The molecule has 0 saturated carbocycles. The molecule has 0 aliphatic heterocycles. The molecule has 5 heteroatoms. The largest absolute Gasteiger partial charge is 0.311 e. The highest BCUT2D eigenvalue weighted by Gasteiger charge is 2.01. The van der Waals surface area contributed by atoms with Crippen molar-refractivity contribution in [1.82, 2.24) is 20.1 Å². The second-order valence-corrected chi connectivity index (χ2v) is 5.93. The zero-order valence-corrected chi connectivity index (χ0v) is 12.8. The van der Waals surface area contributed by atoms with E-state index in [0.717, 1.165) is 35.9 Å². The Morgan fingerprint density at radius 2 is 2.00 bits per heavy atom. The van der Waals surface area contributed by atoms with Gasteiger partial charge in [0, 0.05) is 31.1 Å². The van der Waals surface area contributed by atoms with Gasteiger partial charge in [-0.15, -0.1) is 11.3 Å². The first-order chi connectivity index (χ1) is 10.3. The van der Waals surface area contributed by atoms with Gasteiger partial charge in [0.25, 0.3) is 0 Å². The zero-order chi connectivity index (χ0) is 14.5. The molecule has 0 saturated heterocycles. The highest BCUT2D eigenvalue weighted by atomic mass is 32.1. The fourth-order valence-electron chi connectivity index (χ4n) is 2.14. The molecule has 0 atom stereocenters. The quantitative estimate of drug-likeness (QED) is 0.711. The predicted octanol–water partition coefficient (Wildman–Crippen LogP) is 2.97. The SMILES string of the molecule is Cc1nc(CCNCc2ccn(-c3ccccc3)n2)cs1. The minimum absolute atomic E-state index is 0.781.